The Hall–Kier alpha value is -1.87. The molecule has 116 valence electrons. The highest BCUT2D eigenvalue weighted by Gasteiger charge is 2.23. The molecule has 2 rings (SSSR count). The van der Waals surface area contributed by atoms with Crippen LogP contribution in [0.15, 0.2) is 48.5 Å². The Morgan fingerprint density at radius 2 is 1.68 bits per heavy atom. The lowest BCUT2D eigenvalue weighted by molar-refractivity contribution is -0.123. The van der Waals surface area contributed by atoms with E-state index in [0.717, 1.165) is 11.1 Å². The van der Waals surface area contributed by atoms with Crippen LogP contribution in [0, 0.1) is 11.7 Å². The van der Waals surface area contributed by atoms with Crippen molar-refractivity contribution in [2.24, 2.45) is 5.92 Å². The Labute approximate surface area is 135 Å². The molecule has 1 atom stereocenters. The van der Waals surface area contributed by atoms with E-state index < -0.39 is 0 Å². The molecule has 0 heterocycles. The van der Waals surface area contributed by atoms with Crippen molar-refractivity contribution in [1.82, 2.24) is 5.32 Å². The number of hydrogen-bond acceptors (Lipinski definition) is 1. The van der Waals surface area contributed by atoms with Gasteiger partial charge in [-0.1, -0.05) is 49.7 Å². The second-order valence-electron chi connectivity index (χ2n) is 5.62. The van der Waals surface area contributed by atoms with Gasteiger partial charge in [0.2, 0.25) is 5.91 Å². The van der Waals surface area contributed by atoms with Crippen molar-refractivity contribution in [3.05, 3.63) is 70.5 Å². The van der Waals surface area contributed by atoms with Crippen molar-refractivity contribution in [2.45, 2.75) is 26.3 Å². The number of carbonyl (C=O) groups is 1. The average molecular weight is 320 g/mol. The van der Waals surface area contributed by atoms with E-state index in [4.69, 9.17) is 11.6 Å². The quantitative estimate of drug-likeness (QED) is 0.861. The summed E-state index contributed by atoms with van der Waals surface area (Å²) in [5, 5.41) is 3.57. The molecule has 0 radical (unpaired) electrons. The zero-order chi connectivity index (χ0) is 16.1. The van der Waals surface area contributed by atoms with E-state index in [1.807, 2.05) is 26.0 Å². The minimum Gasteiger partial charge on any atom is -0.351 e. The lowest BCUT2D eigenvalue weighted by atomic mass is 9.87. The van der Waals surface area contributed by atoms with Gasteiger partial charge in [0.15, 0.2) is 0 Å². The predicted octanol–water partition coefficient (Wildman–Crippen LogP) is 4.54. The third-order valence-corrected chi connectivity index (χ3v) is 3.81. The molecule has 0 saturated heterocycles. The van der Waals surface area contributed by atoms with E-state index in [0.29, 0.717) is 11.6 Å². The third kappa shape index (κ3) is 4.31. The van der Waals surface area contributed by atoms with Gasteiger partial charge in [-0.15, -0.1) is 0 Å². The maximum absolute atomic E-state index is 12.9. The first-order valence-electron chi connectivity index (χ1n) is 7.25. The molecule has 1 N–H and O–H groups in total. The molecule has 4 heteroatoms. The fraction of sp³-hybridized carbons (Fsp3) is 0.278. The zero-order valence-electron chi connectivity index (χ0n) is 12.6. The Bertz CT molecular complexity index is 623. The molecule has 2 aromatic rings. The molecule has 22 heavy (non-hydrogen) atoms. The van der Waals surface area contributed by atoms with Gasteiger partial charge in [0.05, 0.1) is 5.92 Å². The van der Waals surface area contributed by atoms with E-state index in [-0.39, 0.29) is 23.6 Å². The summed E-state index contributed by atoms with van der Waals surface area (Å²) in [6.45, 7) is 4.41. The van der Waals surface area contributed by atoms with Gasteiger partial charge in [0.1, 0.15) is 5.82 Å². The molecule has 0 bridgehead atoms. The van der Waals surface area contributed by atoms with Crippen molar-refractivity contribution in [2.75, 3.05) is 0 Å². The monoisotopic (exact) mass is 319 g/mol. The van der Waals surface area contributed by atoms with E-state index in [9.17, 15) is 9.18 Å². The molecule has 0 aliphatic carbocycles. The molecule has 0 aliphatic heterocycles. The summed E-state index contributed by atoms with van der Waals surface area (Å²) in [5.74, 6) is -0.398. The second kappa shape index (κ2) is 7.41. The van der Waals surface area contributed by atoms with Crippen molar-refractivity contribution in [3.63, 3.8) is 0 Å². The van der Waals surface area contributed by atoms with Gasteiger partial charge in [0, 0.05) is 11.6 Å². The molecule has 0 unspecified atom stereocenters. The first-order chi connectivity index (χ1) is 10.5. The highest BCUT2D eigenvalue weighted by Crippen LogP contribution is 2.26. The molecular weight excluding hydrogens is 301 g/mol. The fourth-order valence-corrected chi connectivity index (χ4v) is 2.54. The smallest absolute Gasteiger partial charge is 0.228 e. The minimum atomic E-state index is -0.281. The average Bonchev–Trinajstić information content (AvgIpc) is 2.48. The Balaban J connectivity index is 2.06. The van der Waals surface area contributed by atoms with E-state index in [1.165, 1.54) is 12.1 Å². The second-order valence-corrected chi connectivity index (χ2v) is 6.05. The van der Waals surface area contributed by atoms with Gasteiger partial charge in [-0.3, -0.25) is 4.79 Å². The molecule has 1 amide bonds. The van der Waals surface area contributed by atoms with Gasteiger partial charge in [-0.05, 0) is 41.3 Å². The lowest BCUT2D eigenvalue weighted by Crippen LogP contribution is -2.31. The van der Waals surface area contributed by atoms with E-state index in [2.05, 4.69) is 5.32 Å². The van der Waals surface area contributed by atoms with Crippen LogP contribution in [-0.4, -0.2) is 5.91 Å². The summed E-state index contributed by atoms with van der Waals surface area (Å²) >= 11 is 5.90. The van der Waals surface area contributed by atoms with Crippen LogP contribution in [-0.2, 0) is 11.3 Å². The molecule has 2 nitrogen and oxygen atoms in total. The molecule has 0 aromatic heterocycles. The first-order valence-corrected chi connectivity index (χ1v) is 7.63. The summed E-state index contributed by atoms with van der Waals surface area (Å²) in [4.78, 5) is 12.5. The van der Waals surface area contributed by atoms with Crippen LogP contribution in [0.1, 0.15) is 30.9 Å². The molecule has 2 aromatic carbocycles. The molecular formula is C18H19ClFNO. The van der Waals surface area contributed by atoms with Crippen molar-refractivity contribution in [3.8, 4) is 0 Å². The summed E-state index contributed by atoms with van der Waals surface area (Å²) in [7, 11) is 0. The van der Waals surface area contributed by atoms with Crippen molar-refractivity contribution < 1.29 is 9.18 Å². The highest BCUT2D eigenvalue weighted by atomic mass is 35.5. The van der Waals surface area contributed by atoms with Crippen LogP contribution < -0.4 is 5.32 Å². The Morgan fingerprint density at radius 1 is 1.09 bits per heavy atom. The van der Waals surface area contributed by atoms with Gasteiger partial charge in [-0.2, -0.15) is 0 Å². The standard InChI is InChI=1S/C18H19ClFNO/c1-12(2)17(14-5-7-15(19)8-6-14)18(22)21-11-13-3-9-16(20)10-4-13/h3-10,12,17H,11H2,1-2H3,(H,21,22)/t17-/m1/s1. The Kier molecular flexibility index (Phi) is 5.56. The summed E-state index contributed by atoms with van der Waals surface area (Å²) in [6, 6.07) is 13.5. The minimum absolute atomic E-state index is 0.0401. The van der Waals surface area contributed by atoms with Crippen molar-refractivity contribution >= 4 is 17.5 Å². The van der Waals surface area contributed by atoms with Crippen LogP contribution in [0.4, 0.5) is 4.39 Å². The number of carbonyl (C=O) groups excluding carboxylic acids is 1. The van der Waals surface area contributed by atoms with Crippen LogP contribution in [0.2, 0.25) is 5.02 Å². The lowest BCUT2D eigenvalue weighted by Gasteiger charge is -2.21. The van der Waals surface area contributed by atoms with Crippen molar-refractivity contribution in [1.29, 1.82) is 0 Å². The van der Waals surface area contributed by atoms with Crippen LogP contribution in [0.25, 0.3) is 0 Å². The van der Waals surface area contributed by atoms with Gasteiger partial charge in [-0.25, -0.2) is 4.39 Å². The maximum atomic E-state index is 12.9. The summed E-state index contributed by atoms with van der Waals surface area (Å²) in [5.41, 5.74) is 1.81. The molecule has 0 fully saturated rings. The van der Waals surface area contributed by atoms with Crippen LogP contribution in [0.3, 0.4) is 0 Å². The third-order valence-electron chi connectivity index (χ3n) is 3.56. The normalized spacial score (nSPS) is 12.2. The zero-order valence-corrected chi connectivity index (χ0v) is 13.4. The molecule has 0 aliphatic rings. The Morgan fingerprint density at radius 3 is 2.23 bits per heavy atom. The number of nitrogens with one attached hydrogen (secondary N) is 1. The topological polar surface area (TPSA) is 29.1 Å². The first kappa shape index (κ1) is 16.5. The number of benzene rings is 2. The maximum Gasteiger partial charge on any atom is 0.228 e. The van der Waals surface area contributed by atoms with Gasteiger partial charge in [0.25, 0.3) is 0 Å². The number of halogens is 2. The molecule has 0 spiro atoms. The number of hydrogen-bond donors (Lipinski definition) is 1. The number of rotatable bonds is 5. The molecule has 0 saturated carbocycles. The highest BCUT2D eigenvalue weighted by molar-refractivity contribution is 6.30. The number of amides is 1. The fourth-order valence-electron chi connectivity index (χ4n) is 2.41. The summed E-state index contributed by atoms with van der Waals surface area (Å²) in [6.07, 6.45) is 0. The van der Waals surface area contributed by atoms with Crippen LogP contribution >= 0.6 is 11.6 Å². The van der Waals surface area contributed by atoms with E-state index >= 15 is 0 Å². The summed E-state index contributed by atoms with van der Waals surface area (Å²) < 4.78 is 12.9. The van der Waals surface area contributed by atoms with E-state index in [1.54, 1.807) is 24.3 Å². The van der Waals surface area contributed by atoms with Crippen LogP contribution in [0.5, 0.6) is 0 Å². The SMILES string of the molecule is CC(C)[C@@H](C(=O)NCc1ccc(F)cc1)c1ccc(Cl)cc1. The largest absolute Gasteiger partial charge is 0.351 e. The predicted molar refractivity (Wildman–Crippen MR) is 87.3 cm³/mol. The van der Waals surface area contributed by atoms with Gasteiger partial charge >= 0.3 is 0 Å². The van der Waals surface area contributed by atoms with Gasteiger partial charge < -0.3 is 5.32 Å².